The van der Waals surface area contributed by atoms with E-state index in [0.717, 1.165) is 0 Å². The number of hydrogen-bond acceptors (Lipinski definition) is 5. The van der Waals surface area contributed by atoms with Gasteiger partial charge in [-0.2, -0.15) is 4.98 Å². The lowest BCUT2D eigenvalue weighted by atomic mass is 9.93. The molecule has 144 valence electrons. The fourth-order valence-electron chi connectivity index (χ4n) is 3.51. The second-order valence-corrected chi connectivity index (χ2v) is 6.98. The zero-order chi connectivity index (χ0) is 19.7. The molecular weight excluding hydrogens is 359 g/mol. The van der Waals surface area contributed by atoms with Crippen LogP contribution in [-0.4, -0.2) is 34.0 Å². The smallest absolute Gasteiger partial charge is 0.241 e. The maximum Gasteiger partial charge on any atom is 0.241 e. The van der Waals surface area contributed by atoms with E-state index in [9.17, 15) is 9.18 Å². The second-order valence-electron chi connectivity index (χ2n) is 6.98. The first-order valence-electron chi connectivity index (χ1n) is 9.16. The van der Waals surface area contributed by atoms with Crippen molar-refractivity contribution in [2.24, 2.45) is 0 Å². The highest BCUT2D eigenvalue weighted by Crippen LogP contribution is 2.26. The van der Waals surface area contributed by atoms with Crippen molar-refractivity contribution < 1.29 is 13.7 Å². The van der Waals surface area contributed by atoms with Gasteiger partial charge in [-0.1, -0.05) is 41.6 Å². The van der Waals surface area contributed by atoms with Crippen molar-refractivity contribution in [1.29, 1.82) is 0 Å². The van der Waals surface area contributed by atoms with Gasteiger partial charge in [0.2, 0.25) is 17.6 Å². The number of carbonyl (C=O) groups is 1. The Morgan fingerprint density at radius 3 is 2.82 bits per heavy atom. The molecule has 0 radical (unpaired) electrons. The van der Waals surface area contributed by atoms with Crippen molar-refractivity contribution in [1.82, 2.24) is 20.4 Å². The predicted octanol–water partition coefficient (Wildman–Crippen LogP) is 2.86. The fraction of sp³-hybridized carbons (Fsp3) is 0.286. The summed E-state index contributed by atoms with van der Waals surface area (Å²) in [4.78, 5) is 18.8. The molecule has 3 aromatic rings. The van der Waals surface area contributed by atoms with E-state index in [2.05, 4.69) is 27.6 Å². The summed E-state index contributed by atoms with van der Waals surface area (Å²) in [5.41, 5.74) is 3.48. The Hall–Kier alpha value is -3.06. The lowest BCUT2D eigenvalue weighted by molar-refractivity contribution is -0.127. The van der Waals surface area contributed by atoms with Gasteiger partial charge >= 0.3 is 0 Å². The first kappa shape index (κ1) is 18.3. The van der Waals surface area contributed by atoms with Crippen LogP contribution in [-0.2, 0) is 24.3 Å². The molecule has 7 heteroatoms. The van der Waals surface area contributed by atoms with Gasteiger partial charge in [0.1, 0.15) is 5.82 Å². The number of hydrogen-bond donors (Lipinski definition) is 1. The largest absolute Gasteiger partial charge is 0.358 e. The Bertz CT molecular complexity index is 1020. The Labute approximate surface area is 162 Å². The molecule has 1 aliphatic heterocycles. The third-order valence-corrected chi connectivity index (χ3v) is 5.13. The molecule has 1 N–H and O–H groups in total. The van der Waals surface area contributed by atoms with Gasteiger partial charge in [0.05, 0.1) is 12.6 Å². The van der Waals surface area contributed by atoms with Gasteiger partial charge in [-0.15, -0.1) is 0 Å². The van der Waals surface area contributed by atoms with Crippen molar-refractivity contribution >= 4 is 5.91 Å². The third-order valence-electron chi connectivity index (χ3n) is 5.13. The Morgan fingerprint density at radius 2 is 2.07 bits per heavy atom. The standard InChI is InChI=1S/C21H21FN4O2/c1-13-7-8-15(9-17(13)22)20-24-19(28-25-20)12-26-11-16-6-4-3-5-14(16)10-18(26)21(27)23-2/h3-9,18H,10-12H2,1-2H3,(H,23,27)/t18-/m0/s1. The lowest BCUT2D eigenvalue weighted by Crippen LogP contribution is -2.49. The van der Waals surface area contributed by atoms with Crippen molar-refractivity contribution in [3.8, 4) is 11.4 Å². The van der Waals surface area contributed by atoms with Crippen LogP contribution in [0.1, 0.15) is 22.6 Å². The van der Waals surface area contributed by atoms with Gasteiger partial charge in [0.15, 0.2) is 0 Å². The summed E-state index contributed by atoms with van der Waals surface area (Å²) in [6.45, 7) is 2.66. The number of nitrogens with zero attached hydrogens (tertiary/aromatic N) is 3. The van der Waals surface area contributed by atoms with Gasteiger partial charge in [-0.3, -0.25) is 9.69 Å². The van der Waals surface area contributed by atoms with E-state index in [1.54, 1.807) is 26.1 Å². The van der Waals surface area contributed by atoms with Crippen LogP contribution in [0.15, 0.2) is 47.0 Å². The summed E-state index contributed by atoms with van der Waals surface area (Å²) in [5.74, 6) is 0.373. The molecule has 0 saturated carbocycles. The number of rotatable bonds is 4. The van der Waals surface area contributed by atoms with E-state index < -0.39 is 0 Å². The van der Waals surface area contributed by atoms with E-state index in [4.69, 9.17) is 4.52 Å². The quantitative estimate of drug-likeness (QED) is 0.754. The predicted molar refractivity (Wildman–Crippen MR) is 102 cm³/mol. The molecule has 0 unspecified atom stereocenters. The fourth-order valence-corrected chi connectivity index (χ4v) is 3.51. The zero-order valence-electron chi connectivity index (χ0n) is 15.8. The molecule has 2 heterocycles. The minimum atomic E-state index is -0.313. The highest BCUT2D eigenvalue weighted by molar-refractivity contribution is 5.82. The average molecular weight is 380 g/mol. The molecule has 1 aliphatic rings. The van der Waals surface area contributed by atoms with Crippen LogP contribution >= 0.6 is 0 Å². The topological polar surface area (TPSA) is 71.3 Å². The van der Waals surface area contributed by atoms with Crippen molar-refractivity contribution in [3.63, 3.8) is 0 Å². The number of likely N-dealkylation sites (N-methyl/N-ethyl adjacent to an activating group) is 1. The minimum Gasteiger partial charge on any atom is -0.358 e. The molecule has 0 aliphatic carbocycles. The molecule has 1 atom stereocenters. The summed E-state index contributed by atoms with van der Waals surface area (Å²) < 4.78 is 19.2. The number of benzene rings is 2. The number of aryl methyl sites for hydroxylation is 1. The van der Waals surface area contributed by atoms with Gasteiger partial charge in [0, 0.05) is 19.2 Å². The summed E-state index contributed by atoms with van der Waals surface area (Å²) in [6.07, 6.45) is 0.625. The number of nitrogens with one attached hydrogen (secondary N) is 1. The molecule has 28 heavy (non-hydrogen) atoms. The highest BCUT2D eigenvalue weighted by atomic mass is 19.1. The summed E-state index contributed by atoms with van der Waals surface area (Å²) in [5, 5.41) is 6.71. The molecule has 1 amide bonds. The Balaban J connectivity index is 1.58. The van der Waals surface area contributed by atoms with Crippen LogP contribution in [0.4, 0.5) is 4.39 Å². The van der Waals surface area contributed by atoms with E-state index in [-0.39, 0.29) is 17.8 Å². The normalized spacial score (nSPS) is 16.6. The average Bonchev–Trinajstić information content (AvgIpc) is 3.17. The van der Waals surface area contributed by atoms with Gasteiger partial charge in [-0.05, 0) is 36.1 Å². The summed E-state index contributed by atoms with van der Waals surface area (Å²) >= 11 is 0. The number of carbonyl (C=O) groups excluding carboxylic acids is 1. The monoisotopic (exact) mass is 380 g/mol. The molecule has 2 aromatic carbocycles. The van der Waals surface area contributed by atoms with Crippen LogP contribution in [0.2, 0.25) is 0 Å². The number of aromatic nitrogens is 2. The Morgan fingerprint density at radius 1 is 1.29 bits per heavy atom. The molecule has 0 bridgehead atoms. The first-order chi connectivity index (χ1) is 13.5. The van der Waals surface area contributed by atoms with Crippen molar-refractivity contribution in [2.45, 2.75) is 32.5 Å². The molecule has 0 saturated heterocycles. The third kappa shape index (κ3) is 3.53. The van der Waals surface area contributed by atoms with Crippen LogP contribution < -0.4 is 5.32 Å². The number of halogens is 1. The van der Waals surface area contributed by atoms with Crippen LogP contribution in [0, 0.1) is 12.7 Å². The number of fused-ring (bicyclic) bond motifs is 1. The summed E-state index contributed by atoms with van der Waals surface area (Å²) in [6, 6.07) is 12.6. The molecule has 0 spiro atoms. The van der Waals surface area contributed by atoms with E-state index in [1.165, 1.54) is 17.2 Å². The molecular formula is C21H21FN4O2. The summed E-state index contributed by atoms with van der Waals surface area (Å²) in [7, 11) is 1.64. The van der Waals surface area contributed by atoms with E-state index in [0.29, 0.717) is 42.4 Å². The van der Waals surface area contributed by atoms with Crippen molar-refractivity contribution in [2.75, 3.05) is 7.05 Å². The maximum atomic E-state index is 13.8. The maximum absolute atomic E-state index is 13.8. The van der Waals surface area contributed by atoms with E-state index >= 15 is 0 Å². The first-order valence-corrected chi connectivity index (χ1v) is 9.16. The molecule has 1 aromatic heterocycles. The minimum absolute atomic E-state index is 0.0464. The Kier molecular flexibility index (Phi) is 4.92. The zero-order valence-corrected chi connectivity index (χ0v) is 15.8. The SMILES string of the molecule is CNC(=O)[C@@H]1Cc2ccccc2CN1Cc1nc(-c2ccc(C)c(F)c2)no1. The van der Waals surface area contributed by atoms with Gasteiger partial charge < -0.3 is 9.84 Å². The van der Waals surface area contributed by atoms with Crippen LogP contribution in [0.25, 0.3) is 11.4 Å². The van der Waals surface area contributed by atoms with Gasteiger partial charge in [-0.25, -0.2) is 4.39 Å². The second kappa shape index (κ2) is 7.52. The lowest BCUT2D eigenvalue weighted by Gasteiger charge is -2.34. The molecule has 4 rings (SSSR count). The number of amides is 1. The highest BCUT2D eigenvalue weighted by Gasteiger charge is 2.32. The van der Waals surface area contributed by atoms with Crippen LogP contribution in [0.5, 0.6) is 0 Å². The van der Waals surface area contributed by atoms with E-state index in [1.807, 2.05) is 17.0 Å². The van der Waals surface area contributed by atoms with Crippen molar-refractivity contribution in [3.05, 3.63) is 70.9 Å². The van der Waals surface area contributed by atoms with Gasteiger partial charge in [0.25, 0.3) is 0 Å². The molecule has 0 fully saturated rings. The van der Waals surface area contributed by atoms with Crippen LogP contribution in [0.3, 0.4) is 0 Å². The molecule has 6 nitrogen and oxygen atoms in total.